The molecule has 0 spiro atoms. The Labute approximate surface area is 135 Å². The Kier molecular flexibility index (Phi) is 5.20. The second kappa shape index (κ2) is 6.98. The zero-order chi connectivity index (χ0) is 17.9. The van der Waals surface area contributed by atoms with Crippen LogP contribution in [0, 0.1) is 11.8 Å². The first-order valence-corrected chi connectivity index (χ1v) is 7.06. The van der Waals surface area contributed by atoms with E-state index in [9.17, 15) is 22.8 Å². The zero-order valence-corrected chi connectivity index (χ0v) is 12.7. The number of carbonyl (C=O) groups is 2. The average Bonchev–Trinajstić information content (AvgIpc) is 2.99. The van der Waals surface area contributed by atoms with Crippen molar-refractivity contribution in [1.82, 2.24) is 4.90 Å². The van der Waals surface area contributed by atoms with Gasteiger partial charge in [0.25, 0.3) is 5.91 Å². The monoisotopic (exact) mass is 347 g/mol. The van der Waals surface area contributed by atoms with Gasteiger partial charge in [-0.1, -0.05) is 0 Å². The Morgan fingerprint density at radius 1 is 1.21 bits per heavy atom. The number of aliphatic carboxylic acids is 1. The third kappa shape index (κ3) is 4.09. The first kappa shape index (κ1) is 17.9. The van der Waals surface area contributed by atoms with Gasteiger partial charge in [0.15, 0.2) is 6.61 Å². The van der Waals surface area contributed by atoms with Crippen molar-refractivity contribution in [2.45, 2.75) is 6.18 Å². The summed E-state index contributed by atoms with van der Waals surface area (Å²) in [5.41, 5.74) is 0. The van der Waals surface area contributed by atoms with Gasteiger partial charge < -0.3 is 19.5 Å². The Bertz CT molecular complexity index is 602. The molecule has 0 aromatic heterocycles. The number of halogens is 3. The maximum atomic E-state index is 12.9. The van der Waals surface area contributed by atoms with E-state index in [1.54, 1.807) is 24.3 Å². The van der Waals surface area contributed by atoms with E-state index < -0.39 is 49.6 Å². The third-order valence-electron chi connectivity index (χ3n) is 3.83. The van der Waals surface area contributed by atoms with E-state index in [1.165, 1.54) is 7.11 Å². The van der Waals surface area contributed by atoms with Gasteiger partial charge in [-0.2, -0.15) is 13.2 Å². The second-order valence-electron chi connectivity index (χ2n) is 5.36. The normalized spacial score (nSPS) is 20.8. The molecule has 6 nitrogen and oxygen atoms in total. The third-order valence-corrected chi connectivity index (χ3v) is 3.83. The quantitative estimate of drug-likeness (QED) is 0.879. The molecule has 1 aromatic rings. The molecule has 1 aromatic carbocycles. The van der Waals surface area contributed by atoms with Crippen LogP contribution in [0.15, 0.2) is 24.3 Å². The molecular formula is C15H16F3NO5. The summed E-state index contributed by atoms with van der Waals surface area (Å²) in [5.74, 6) is -5.04. The van der Waals surface area contributed by atoms with Crippen molar-refractivity contribution >= 4 is 11.9 Å². The molecule has 24 heavy (non-hydrogen) atoms. The largest absolute Gasteiger partial charge is 0.497 e. The van der Waals surface area contributed by atoms with Crippen LogP contribution < -0.4 is 9.47 Å². The zero-order valence-electron chi connectivity index (χ0n) is 12.7. The van der Waals surface area contributed by atoms with Gasteiger partial charge in [0.1, 0.15) is 11.5 Å². The molecule has 0 aliphatic carbocycles. The molecule has 0 radical (unpaired) electrons. The van der Waals surface area contributed by atoms with Crippen molar-refractivity contribution in [3.63, 3.8) is 0 Å². The number of benzene rings is 1. The van der Waals surface area contributed by atoms with Crippen LogP contribution in [-0.2, 0) is 9.59 Å². The van der Waals surface area contributed by atoms with Gasteiger partial charge >= 0.3 is 12.1 Å². The van der Waals surface area contributed by atoms with E-state index in [-0.39, 0.29) is 0 Å². The summed E-state index contributed by atoms with van der Waals surface area (Å²) in [4.78, 5) is 23.9. The predicted molar refractivity (Wildman–Crippen MR) is 75.7 cm³/mol. The minimum atomic E-state index is -4.67. The summed E-state index contributed by atoms with van der Waals surface area (Å²) in [6.45, 7) is -1.63. The molecule has 2 rings (SSSR count). The van der Waals surface area contributed by atoms with E-state index in [1.807, 2.05) is 0 Å². The molecule has 0 unspecified atom stereocenters. The number of carbonyl (C=O) groups excluding carboxylic acids is 1. The number of alkyl halides is 3. The highest BCUT2D eigenvalue weighted by Crippen LogP contribution is 2.37. The van der Waals surface area contributed by atoms with E-state index in [2.05, 4.69) is 0 Å². The summed E-state index contributed by atoms with van der Waals surface area (Å²) in [6.07, 6.45) is -4.67. The Hall–Kier alpha value is -2.45. The Balaban J connectivity index is 1.96. The van der Waals surface area contributed by atoms with Crippen LogP contribution >= 0.6 is 0 Å². The number of nitrogens with zero attached hydrogens (tertiary/aromatic N) is 1. The van der Waals surface area contributed by atoms with Crippen LogP contribution in [-0.4, -0.2) is 54.9 Å². The molecular weight excluding hydrogens is 331 g/mol. The first-order chi connectivity index (χ1) is 11.2. The van der Waals surface area contributed by atoms with E-state index in [0.717, 1.165) is 4.90 Å². The summed E-state index contributed by atoms with van der Waals surface area (Å²) >= 11 is 0. The van der Waals surface area contributed by atoms with Gasteiger partial charge in [0.2, 0.25) is 0 Å². The minimum Gasteiger partial charge on any atom is -0.497 e. The topological polar surface area (TPSA) is 76.1 Å². The van der Waals surface area contributed by atoms with Gasteiger partial charge in [0.05, 0.1) is 18.9 Å². The molecule has 1 heterocycles. The molecule has 1 amide bonds. The number of methoxy groups -OCH3 is 1. The fraction of sp³-hybridized carbons (Fsp3) is 0.467. The van der Waals surface area contributed by atoms with Gasteiger partial charge in [-0.05, 0) is 24.3 Å². The maximum Gasteiger partial charge on any atom is 0.394 e. The first-order valence-electron chi connectivity index (χ1n) is 7.06. The van der Waals surface area contributed by atoms with Crippen molar-refractivity contribution in [3.8, 4) is 11.5 Å². The predicted octanol–water partition coefficient (Wildman–Crippen LogP) is 1.80. The highest BCUT2D eigenvalue weighted by atomic mass is 19.4. The van der Waals surface area contributed by atoms with E-state index in [4.69, 9.17) is 14.6 Å². The number of amides is 1. The van der Waals surface area contributed by atoms with E-state index in [0.29, 0.717) is 11.5 Å². The molecule has 1 aliphatic heterocycles. The number of carboxylic acid groups (broad SMARTS) is 1. The summed E-state index contributed by atoms with van der Waals surface area (Å²) in [7, 11) is 1.49. The van der Waals surface area contributed by atoms with Crippen molar-refractivity contribution in [1.29, 1.82) is 0 Å². The molecule has 9 heteroatoms. The summed E-state index contributed by atoms with van der Waals surface area (Å²) < 4.78 is 48.8. The molecule has 1 saturated heterocycles. The molecule has 0 saturated carbocycles. The lowest BCUT2D eigenvalue weighted by atomic mass is 9.96. The van der Waals surface area contributed by atoms with Crippen LogP contribution in [0.5, 0.6) is 11.5 Å². The number of ether oxygens (including phenoxy) is 2. The number of hydrogen-bond acceptors (Lipinski definition) is 4. The number of rotatable bonds is 5. The number of hydrogen-bond donors (Lipinski definition) is 1. The maximum absolute atomic E-state index is 12.9. The van der Waals surface area contributed by atoms with E-state index >= 15 is 0 Å². The molecule has 0 bridgehead atoms. The summed E-state index contributed by atoms with van der Waals surface area (Å²) in [5, 5.41) is 8.92. The van der Waals surface area contributed by atoms with Gasteiger partial charge in [-0.3, -0.25) is 9.59 Å². The van der Waals surface area contributed by atoms with Crippen molar-refractivity contribution in [3.05, 3.63) is 24.3 Å². The van der Waals surface area contributed by atoms with Crippen LogP contribution in [0.1, 0.15) is 0 Å². The molecule has 132 valence electrons. The SMILES string of the molecule is COc1ccc(OCC(=O)N2C[C@@H](C(F)(F)F)[C@H](C(=O)O)C2)cc1. The van der Waals surface area contributed by atoms with Crippen LogP contribution in [0.4, 0.5) is 13.2 Å². The molecule has 1 aliphatic rings. The highest BCUT2D eigenvalue weighted by Gasteiger charge is 2.53. The molecule has 1 fully saturated rings. The van der Waals surface area contributed by atoms with Crippen LogP contribution in [0.2, 0.25) is 0 Å². The lowest BCUT2D eigenvalue weighted by Gasteiger charge is -2.18. The highest BCUT2D eigenvalue weighted by molar-refractivity contribution is 5.80. The smallest absolute Gasteiger partial charge is 0.394 e. The van der Waals surface area contributed by atoms with Crippen LogP contribution in [0.3, 0.4) is 0 Å². The minimum absolute atomic E-state index is 0.352. The average molecular weight is 347 g/mol. The lowest BCUT2D eigenvalue weighted by molar-refractivity contribution is -0.188. The van der Waals surface area contributed by atoms with Crippen molar-refractivity contribution < 1.29 is 37.3 Å². The Morgan fingerprint density at radius 3 is 2.25 bits per heavy atom. The number of likely N-dealkylation sites (tertiary alicyclic amines) is 1. The summed E-state index contributed by atoms with van der Waals surface area (Å²) in [6, 6.07) is 6.31. The fourth-order valence-corrected chi connectivity index (χ4v) is 2.50. The fourth-order valence-electron chi connectivity index (χ4n) is 2.50. The van der Waals surface area contributed by atoms with Crippen molar-refractivity contribution in [2.24, 2.45) is 11.8 Å². The van der Waals surface area contributed by atoms with Gasteiger partial charge in [0, 0.05) is 13.1 Å². The standard InChI is InChI=1S/C15H16F3NO5/c1-23-9-2-4-10(5-3-9)24-8-13(20)19-6-11(14(21)22)12(7-19)15(16,17)18/h2-5,11-12H,6-8H2,1H3,(H,21,22)/t11-,12-/m1/s1. The lowest BCUT2D eigenvalue weighted by Crippen LogP contribution is -2.35. The molecule has 1 N–H and O–H groups in total. The van der Waals surface area contributed by atoms with Gasteiger partial charge in [-0.15, -0.1) is 0 Å². The second-order valence-corrected chi connectivity index (χ2v) is 5.36. The molecule has 2 atom stereocenters. The van der Waals surface area contributed by atoms with Crippen molar-refractivity contribution in [2.75, 3.05) is 26.8 Å². The van der Waals surface area contributed by atoms with Gasteiger partial charge in [-0.25, -0.2) is 0 Å². The number of carboxylic acids is 1. The van der Waals surface area contributed by atoms with Crippen LogP contribution in [0.25, 0.3) is 0 Å². The Morgan fingerprint density at radius 2 is 1.79 bits per heavy atom.